The van der Waals surface area contributed by atoms with Gasteiger partial charge in [-0.25, -0.2) is 0 Å². The topological polar surface area (TPSA) is 57.6 Å². The van der Waals surface area contributed by atoms with E-state index in [2.05, 4.69) is 12.1 Å². The molecule has 1 N–H and O–H groups in total. The molecule has 3 rings (SSSR count). The van der Waals surface area contributed by atoms with Crippen molar-refractivity contribution in [2.75, 3.05) is 13.1 Å². The molecule has 0 bridgehead atoms. The van der Waals surface area contributed by atoms with E-state index < -0.39 is 5.97 Å². The van der Waals surface area contributed by atoms with Crippen molar-refractivity contribution in [3.8, 4) is 0 Å². The van der Waals surface area contributed by atoms with Gasteiger partial charge in [0.15, 0.2) is 0 Å². The number of benzene rings is 2. The van der Waals surface area contributed by atoms with E-state index in [0.29, 0.717) is 32.4 Å². The number of piperidine rings is 1. The van der Waals surface area contributed by atoms with Crippen molar-refractivity contribution >= 4 is 22.6 Å². The third kappa shape index (κ3) is 3.11. The fraction of sp³-hybridized carbons (Fsp3) is 0.333. The fourth-order valence-corrected chi connectivity index (χ4v) is 3.01. The Morgan fingerprint density at radius 1 is 1.05 bits per heavy atom. The van der Waals surface area contributed by atoms with Crippen molar-refractivity contribution in [3.63, 3.8) is 0 Å². The van der Waals surface area contributed by atoms with Crippen LogP contribution in [0.1, 0.15) is 18.4 Å². The third-order valence-corrected chi connectivity index (χ3v) is 4.37. The molecule has 1 saturated heterocycles. The molecule has 4 heteroatoms. The van der Waals surface area contributed by atoms with Gasteiger partial charge in [-0.15, -0.1) is 0 Å². The van der Waals surface area contributed by atoms with Gasteiger partial charge < -0.3 is 10.0 Å². The molecule has 2 aromatic carbocycles. The number of carboxylic acid groups (broad SMARTS) is 1. The first-order valence-electron chi connectivity index (χ1n) is 7.62. The largest absolute Gasteiger partial charge is 0.481 e. The van der Waals surface area contributed by atoms with Crippen LogP contribution in [0.25, 0.3) is 10.8 Å². The summed E-state index contributed by atoms with van der Waals surface area (Å²) in [4.78, 5) is 25.1. The molecule has 1 aliphatic heterocycles. The minimum Gasteiger partial charge on any atom is -0.481 e. The lowest BCUT2D eigenvalue weighted by Gasteiger charge is -2.30. The third-order valence-electron chi connectivity index (χ3n) is 4.37. The molecule has 0 radical (unpaired) electrons. The lowest BCUT2D eigenvalue weighted by Crippen LogP contribution is -2.40. The van der Waals surface area contributed by atoms with Crippen molar-refractivity contribution in [1.29, 1.82) is 0 Å². The van der Waals surface area contributed by atoms with Crippen LogP contribution in [0, 0.1) is 5.92 Å². The molecule has 0 aromatic heterocycles. The second kappa shape index (κ2) is 6.18. The Hall–Kier alpha value is -2.36. The summed E-state index contributed by atoms with van der Waals surface area (Å²) in [6, 6.07) is 14.2. The highest BCUT2D eigenvalue weighted by molar-refractivity contribution is 5.85. The Bertz CT molecular complexity index is 702. The van der Waals surface area contributed by atoms with Gasteiger partial charge in [-0.3, -0.25) is 9.59 Å². The predicted molar refractivity (Wildman–Crippen MR) is 84.6 cm³/mol. The molecule has 0 atom stereocenters. The number of rotatable bonds is 3. The molecule has 1 amide bonds. The zero-order chi connectivity index (χ0) is 15.5. The van der Waals surface area contributed by atoms with Crippen LogP contribution in [-0.4, -0.2) is 35.0 Å². The quantitative estimate of drug-likeness (QED) is 0.947. The number of likely N-dealkylation sites (tertiary alicyclic amines) is 1. The molecular formula is C18H19NO3. The van der Waals surface area contributed by atoms with Crippen molar-refractivity contribution in [1.82, 2.24) is 4.90 Å². The van der Waals surface area contributed by atoms with Gasteiger partial charge in [0.1, 0.15) is 0 Å². The van der Waals surface area contributed by atoms with E-state index in [1.807, 2.05) is 30.3 Å². The van der Waals surface area contributed by atoms with Gasteiger partial charge in [-0.05, 0) is 29.2 Å². The van der Waals surface area contributed by atoms with Gasteiger partial charge in [-0.1, -0.05) is 42.5 Å². The van der Waals surface area contributed by atoms with E-state index >= 15 is 0 Å². The molecule has 0 unspecified atom stereocenters. The highest BCUT2D eigenvalue weighted by Crippen LogP contribution is 2.20. The van der Waals surface area contributed by atoms with E-state index in [9.17, 15) is 9.59 Å². The number of amides is 1. The second-order valence-electron chi connectivity index (χ2n) is 5.85. The van der Waals surface area contributed by atoms with Gasteiger partial charge in [0.05, 0.1) is 12.3 Å². The monoisotopic (exact) mass is 297 g/mol. The Balaban J connectivity index is 1.65. The van der Waals surface area contributed by atoms with Crippen molar-refractivity contribution in [2.24, 2.45) is 5.92 Å². The van der Waals surface area contributed by atoms with Gasteiger partial charge in [0, 0.05) is 13.1 Å². The number of carboxylic acids is 1. The Morgan fingerprint density at radius 3 is 2.41 bits per heavy atom. The van der Waals surface area contributed by atoms with Crippen molar-refractivity contribution in [3.05, 3.63) is 48.0 Å². The molecule has 0 spiro atoms. The number of fused-ring (bicyclic) bond motifs is 1. The Morgan fingerprint density at radius 2 is 1.73 bits per heavy atom. The smallest absolute Gasteiger partial charge is 0.306 e. The van der Waals surface area contributed by atoms with E-state index in [1.54, 1.807) is 4.90 Å². The summed E-state index contributed by atoms with van der Waals surface area (Å²) < 4.78 is 0. The minimum atomic E-state index is -0.748. The predicted octanol–water partition coefficient (Wildman–Crippen LogP) is 2.71. The van der Waals surface area contributed by atoms with E-state index in [1.165, 1.54) is 5.39 Å². The van der Waals surface area contributed by atoms with Crippen molar-refractivity contribution < 1.29 is 14.7 Å². The SMILES string of the molecule is O=C(O)C1CCN(C(=O)Cc2ccc3ccccc3c2)CC1. The highest BCUT2D eigenvalue weighted by Gasteiger charge is 2.26. The number of carbonyl (C=O) groups is 2. The van der Waals surface area contributed by atoms with Crippen LogP contribution < -0.4 is 0 Å². The lowest BCUT2D eigenvalue weighted by molar-refractivity contribution is -0.145. The average Bonchev–Trinajstić information content (AvgIpc) is 2.55. The van der Waals surface area contributed by atoms with Crippen LogP contribution in [0.4, 0.5) is 0 Å². The first kappa shape index (κ1) is 14.6. The molecule has 1 aliphatic rings. The maximum absolute atomic E-state index is 12.4. The maximum atomic E-state index is 12.4. The van der Waals surface area contributed by atoms with E-state index in [0.717, 1.165) is 10.9 Å². The van der Waals surface area contributed by atoms with Crippen LogP contribution >= 0.6 is 0 Å². The van der Waals surface area contributed by atoms with Crippen LogP contribution in [0.15, 0.2) is 42.5 Å². The number of hydrogen-bond donors (Lipinski definition) is 1. The molecule has 114 valence electrons. The van der Waals surface area contributed by atoms with Crippen LogP contribution in [0.5, 0.6) is 0 Å². The van der Waals surface area contributed by atoms with E-state index in [4.69, 9.17) is 5.11 Å². The molecule has 1 heterocycles. The van der Waals surface area contributed by atoms with E-state index in [-0.39, 0.29) is 11.8 Å². The summed E-state index contributed by atoms with van der Waals surface area (Å²) in [6.07, 6.45) is 1.49. The first-order valence-corrected chi connectivity index (χ1v) is 7.62. The minimum absolute atomic E-state index is 0.0825. The summed E-state index contributed by atoms with van der Waals surface area (Å²) in [5.41, 5.74) is 1.00. The normalized spacial score (nSPS) is 15.9. The zero-order valence-electron chi connectivity index (χ0n) is 12.4. The summed E-state index contributed by atoms with van der Waals surface area (Å²) >= 11 is 0. The van der Waals surface area contributed by atoms with Crippen molar-refractivity contribution in [2.45, 2.75) is 19.3 Å². The molecular weight excluding hydrogens is 278 g/mol. The molecule has 2 aromatic rings. The molecule has 22 heavy (non-hydrogen) atoms. The number of aliphatic carboxylic acids is 1. The zero-order valence-corrected chi connectivity index (χ0v) is 12.4. The molecule has 1 fully saturated rings. The van der Waals surface area contributed by atoms with Crippen LogP contribution in [0.2, 0.25) is 0 Å². The highest BCUT2D eigenvalue weighted by atomic mass is 16.4. The number of nitrogens with zero attached hydrogens (tertiary/aromatic N) is 1. The van der Waals surface area contributed by atoms with Crippen LogP contribution in [0.3, 0.4) is 0 Å². The Labute approximate surface area is 129 Å². The summed E-state index contributed by atoms with van der Waals surface area (Å²) in [6.45, 7) is 1.09. The fourth-order valence-electron chi connectivity index (χ4n) is 3.01. The molecule has 0 saturated carbocycles. The van der Waals surface area contributed by atoms with Gasteiger partial charge >= 0.3 is 5.97 Å². The Kier molecular flexibility index (Phi) is 4.09. The van der Waals surface area contributed by atoms with Gasteiger partial charge in [0.25, 0.3) is 0 Å². The number of carbonyl (C=O) groups excluding carboxylic acids is 1. The standard InChI is InChI=1S/C18H19NO3/c20-17(19-9-7-15(8-10-19)18(21)22)12-13-5-6-14-3-1-2-4-16(14)11-13/h1-6,11,15H,7-10,12H2,(H,21,22). The summed E-state index contributed by atoms with van der Waals surface area (Å²) in [5.74, 6) is -0.967. The van der Waals surface area contributed by atoms with Gasteiger partial charge in [0.2, 0.25) is 5.91 Å². The first-order chi connectivity index (χ1) is 10.6. The number of hydrogen-bond acceptors (Lipinski definition) is 2. The van der Waals surface area contributed by atoms with Gasteiger partial charge in [-0.2, -0.15) is 0 Å². The second-order valence-corrected chi connectivity index (χ2v) is 5.85. The molecule has 0 aliphatic carbocycles. The lowest BCUT2D eigenvalue weighted by atomic mass is 9.96. The molecule has 4 nitrogen and oxygen atoms in total. The average molecular weight is 297 g/mol. The summed E-state index contributed by atoms with van der Waals surface area (Å²) in [5, 5.41) is 11.3. The van der Waals surface area contributed by atoms with Crippen LogP contribution in [-0.2, 0) is 16.0 Å². The maximum Gasteiger partial charge on any atom is 0.306 e. The summed E-state index contributed by atoms with van der Waals surface area (Å²) in [7, 11) is 0.